The molecule has 0 aliphatic heterocycles. The number of hydrogen-bond donors (Lipinski definition) is 1. The Kier molecular flexibility index (Phi) is 1.76. The van der Waals surface area contributed by atoms with E-state index in [9.17, 15) is 5.11 Å². The van der Waals surface area contributed by atoms with E-state index < -0.39 is 0 Å². The minimum atomic E-state index is -0.238. The van der Waals surface area contributed by atoms with E-state index in [1.54, 1.807) is 0 Å². The molecule has 2 unspecified atom stereocenters. The third-order valence-electron chi connectivity index (χ3n) is 6.27. The Labute approximate surface area is 105 Å². The zero-order chi connectivity index (χ0) is 11.9. The summed E-state index contributed by atoms with van der Waals surface area (Å²) in [7, 11) is 0. The van der Waals surface area contributed by atoms with E-state index in [4.69, 9.17) is 0 Å². The molecule has 1 heteroatoms. The van der Waals surface area contributed by atoms with Gasteiger partial charge >= 0.3 is 0 Å². The number of aliphatic hydroxyl groups is 1. The van der Waals surface area contributed by atoms with Crippen LogP contribution in [0.4, 0.5) is 0 Å². The van der Waals surface area contributed by atoms with E-state index in [1.807, 2.05) is 0 Å². The Morgan fingerprint density at radius 2 is 1.53 bits per heavy atom. The molecule has 0 spiro atoms. The third-order valence-corrected chi connectivity index (χ3v) is 6.27. The summed E-state index contributed by atoms with van der Waals surface area (Å²) in [6.45, 7) is 5.06. The van der Waals surface area contributed by atoms with Crippen LogP contribution in [0.1, 0.15) is 71.6 Å². The minimum absolute atomic E-state index is 0.238. The van der Waals surface area contributed by atoms with Crippen LogP contribution in [0.5, 0.6) is 0 Å². The lowest BCUT2D eigenvalue weighted by molar-refractivity contribution is -0.158. The van der Waals surface area contributed by atoms with Crippen molar-refractivity contribution in [3.05, 3.63) is 0 Å². The normalized spacial score (nSPS) is 58.4. The van der Waals surface area contributed by atoms with E-state index in [0.717, 1.165) is 25.2 Å². The molecule has 4 bridgehead atoms. The minimum Gasteiger partial charge on any atom is -0.390 e. The second-order valence-electron chi connectivity index (χ2n) is 9.03. The van der Waals surface area contributed by atoms with Crippen molar-refractivity contribution in [3.8, 4) is 0 Å². The van der Waals surface area contributed by atoms with Crippen LogP contribution < -0.4 is 0 Å². The first-order valence-corrected chi connectivity index (χ1v) is 7.54. The zero-order valence-electron chi connectivity index (χ0n) is 11.4. The van der Waals surface area contributed by atoms with E-state index >= 15 is 0 Å². The third kappa shape index (κ3) is 1.61. The summed E-state index contributed by atoms with van der Waals surface area (Å²) in [5.74, 6) is 0.976. The standard InChI is InChI=1S/C16H26O/c1-13-5-12-6-14(2,8-13)10-15(7-12,9-13)11-16(17)3-4-16/h12,17H,3-11H2,1-2H3. The van der Waals surface area contributed by atoms with Gasteiger partial charge in [-0.3, -0.25) is 0 Å². The van der Waals surface area contributed by atoms with Crippen LogP contribution in [0.25, 0.3) is 0 Å². The van der Waals surface area contributed by atoms with Crippen LogP contribution in [-0.2, 0) is 0 Å². The van der Waals surface area contributed by atoms with Gasteiger partial charge in [-0.2, -0.15) is 0 Å². The molecule has 5 rings (SSSR count). The van der Waals surface area contributed by atoms with Crippen LogP contribution in [0.15, 0.2) is 0 Å². The molecular formula is C16H26O. The first kappa shape index (κ1) is 10.8. The van der Waals surface area contributed by atoms with Crippen molar-refractivity contribution in [1.82, 2.24) is 0 Å². The van der Waals surface area contributed by atoms with Gasteiger partial charge in [-0.05, 0) is 80.0 Å². The Hall–Kier alpha value is -0.0400. The number of hydrogen-bond acceptors (Lipinski definition) is 1. The lowest BCUT2D eigenvalue weighted by Gasteiger charge is -2.66. The summed E-state index contributed by atoms with van der Waals surface area (Å²) in [5.41, 5.74) is 1.51. The van der Waals surface area contributed by atoms with Crippen molar-refractivity contribution in [2.75, 3.05) is 0 Å². The Morgan fingerprint density at radius 1 is 0.941 bits per heavy atom. The van der Waals surface area contributed by atoms with Crippen molar-refractivity contribution < 1.29 is 5.11 Å². The molecule has 0 aromatic heterocycles. The van der Waals surface area contributed by atoms with Gasteiger partial charge < -0.3 is 5.11 Å². The van der Waals surface area contributed by atoms with Gasteiger partial charge in [-0.15, -0.1) is 0 Å². The molecule has 5 saturated carbocycles. The van der Waals surface area contributed by atoms with Crippen molar-refractivity contribution >= 4 is 0 Å². The summed E-state index contributed by atoms with van der Waals surface area (Å²) in [5, 5.41) is 10.4. The van der Waals surface area contributed by atoms with Gasteiger partial charge in [0.25, 0.3) is 0 Å². The van der Waals surface area contributed by atoms with Crippen molar-refractivity contribution in [1.29, 1.82) is 0 Å². The summed E-state index contributed by atoms with van der Waals surface area (Å²) in [4.78, 5) is 0. The first-order valence-electron chi connectivity index (χ1n) is 7.54. The monoisotopic (exact) mass is 234 g/mol. The SMILES string of the molecule is CC12CC3CC(C)(C1)CC(CC1(O)CC1)(C3)C2. The van der Waals surface area contributed by atoms with E-state index in [2.05, 4.69) is 13.8 Å². The zero-order valence-corrected chi connectivity index (χ0v) is 11.4. The molecule has 5 fully saturated rings. The molecule has 1 nitrogen and oxygen atoms in total. The first-order chi connectivity index (χ1) is 7.82. The van der Waals surface area contributed by atoms with Crippen LogP contribution in [-0.4, -0.2) is 10.7 Å². The second kappa shape index (κ2) is 2.76. The summed E-state index contributed by atoms with van der Waals surface area (Å²) in [6, 6.07) is 0. The molecule has 0 radical (unpaired) electrons. The molecule has 1 N–H and O–H groups in total. The maximum atomic E-state index is 10.4. The van der Waals surface area contributed by atoms with Gasteiger partial charge in [0.1, 0.15) is 0 Å². The highest BCUT2D eigenvalue weighted by Crippen LogP contribution is 2.71. The van der Waals surface area contributed by atoms with E-state index in [-0.39, 0.29) is 5.60 Å². The molecule has 0 aromatic rings. The van der Waals surface area contributed by atoms with Gasteiger partial charge in [0.15, 0.2) is 0 Å². The van der Waals surface area contributed by atoms with E-state index in [0.29, 0.717) is 16.2 Å². The molecule has 5 aliphatic carbocycles. The van der Waals surface area contributed by atoms with Crippen molar-refractivity contribution in [2.45, 2.75) is 77.2 Å². The predicted octanol–water partition coefficient (Wildman–Crippen LogP) is 3.90. The van der Waals surface area contributed by atoms with Crippen LogP contribution in [0.2, 0.25) is 0 Å². The maximum absolute atomic E-state index is 10.4. The average Bonchev–Trinajstić information content (AvgIpc) is 2.73. The molecular weight excluding hydrogens is 208 g/mol. The lowest BCUT2D eigenvalue weighted by Crippen LogP contribution is -2.55. The summed E-state index contributed by atoms with van der Waals surface area (Å²) >= 11 is 0. The van der Waals surface area contributed by atoms with E-state index in [1.165, 1.54) is 38.5 Å². The van der Waals surface area contributed by atoms with Gasteiger partial charge in [0.05, 0.1) is 5.60 Å². The van der Waals surface area contributed by atoms with Gasteiger partial charge in [0.2, 0.25) is 0 Å². The fourth-order valence-corrected chi connectivity index (χ4v) is 6.90. The fraction of sp³-hybridized carbons (Fsp3) is 1.00. The highest BCUT2D eigenvalue weighted by molar-refractivity contribution is 5.13. The van der Waals surface area contributed by atoms with Gasteiger partial charge in [-0.25, -0.2) is 0 Å². The molecule has 0 aromatic carbocycles. The lowest BCUT2D eigenvalue weighted by atomic mass is 9.39. The maximum Gasteiger partial charge on any atom is 0.0655 e. The van der Waals surface area contributed by atoms with Gasteiger partial charge in [0, 0.05) is 0 Å². The quantitative estimate of drug-likeness (QED) is 0.768. The molecule has 2 atom stereocenters. The molecule has 5 aliphatic rings. The van der Waals surface area contributed by atoms with Crippen molar-refractivity contribution in [2.24, 2.45) is 22.2 Å². The highest BCUT2D eigenvalue weighted by Gasteiger charge is 2.62. The predicted molar refractivity (Wildman–Crippen MR) is 68.6 cm³/mol. The van der Waals surface area contributed by atoms with Crippen LogP contribution in [0, 0.1) is 22.2 Å². The Balaban J connectivity index is 1.68. The largest absolute Gasteiger partial charge is 0.390 e. The number of rotatable bonds is 2. The molecule has 0 amide bonds. The second-order valence-corrected chi connectivity index (χ2v) is 9.03. The molecule has 0 heterocycles. The Morgan fingerprint density at radius 3 is 2.00 bits per heavy atom. The topological polar surface area (TPSA) is 20.2 Å². The average molecular weight is 234 g/mol. The van der Waals surface area contributed by atoms with Crippen molar-refractivity contribution in [3.63, 3.8) is 0 Å². The van der Waals surface area contributed by atoms with Crippen LogP contribution in [0.3, 0.4) is 0 Å². The van der Waals surface area contributed by atoms with Crippen LogP contribution >= 0.6 is 0 Å². The Bertz CT molecular complexity index is 344. The molecule has 0 saturated heterocycles. The summed E-state index contributed by atoms with van der Waals surface area (Å²) < 4.78 is 0. The highest BCUT2D eigenvalue weighted by atomic mass is 16.3. The summed E-state index contributed by atoms with van der Waals surface area (Å²) in [6.07, 6.45) is 11.9. The smallest absolute Gasteiger partial charge is 0.0655 e. The molecule has 17 heavy (non-hydrogen) atoms. The molecule has 96 valence electrons. The fourth-order valence-electron chi connectivity index (χ4n) is 6.90. The van der Waals surface area contributed by atoms with Gasteiger partial charge in [-0.1, -0.05) is 13.8 Å².